The second-order valence-corrected chi connectivity index (χ2v) is 4.81. The van der Waals surface area contributed by atoms with E-state index in [1.54, 1.807) is 0 Å². The summed E-state index contributed by atoms with van der Waals surface area (Å²) in [6, 6.07) is 10.4. The monoisotopic (exact) mass is 284 g/mol. The molecular formula is C16H16N2O3. The molecule has 0 aliphatic carbocycles. The number of rotatable bonds is 3. The second-order valence-electron chi connectivity index (χ2n) is 4.81. The summed E-state index contributed by atoms with van der Waals surface area (Å²) in [5, 5.41) is 5.33. The summed E-state index contributed by atoms with van der Waals surface area (Å²) >= 11 is 0. The van der Waals surface area contributed by atoms with Gasteiger partial charge in [-0.1, -0.05) is 23.4 Å². The highest BCUT2D eigenvalue weighted by Crippen LogP contribution is 2.25. The zero-order valence-electron chi connectivity index (χ0n) is 11.8. The number of aromatic nitrogens is 1. The van der Waals surface area contributed by atoms with Gasteiger partial charge < -0.3 is 14.1 Å². The van der Waals surface area contributed by atoms with E-state index >= 15 is 0 Å². The summed E-state index contributed by atoms with van der Waals surface area (Å²) < 4.78 is 6.74. The SMILES string of the molecule is COC(=O)/C=C/O/N=C1\CCCn2c1cc1ccccc12. The molecule has 1 aliphatic rings. The fourth-order valence-electron chi connectivity index (χ4n) is 2.56. The normalized spacial score (nSPS) is 16.3. The average molecular weight is 284 g/mol. The fraction of sp³-hybridized carbons (Fsp3) is 0.250. The maximum atomic E-state index is 10.9. The van der Waals surface area contributed by atoms with Crippen LogP contribution < -0.4 is 0 Å². The number of para-hydroxylation sites is 1. The highest BCUT2D eigenvalue weighted by Gasteiger charge is 2.18. The molecule has 2 heterocycles. The highest BCUT2D eigenvalue weighted by atomic mass is 16.6. The first-order valence-electron chi connectivity index (χ1n) is 6.85. The van der Waals surface area contributed by atoms with Gasteiger partial charge in [0.1, 0.15) is 12.0 Å². The van der Waals surface area contributed by atoms with Crippen LogP contribution in [0.25, 0.3) is 10.9 Å². The number of fused-ring (bicyclic) bond motifs is 3. The molecule has 3 rings (SSSR count). The third kappa shape index (κ3) is 2.67. The van der Waals surface area contributed by atoms with Crippen molar-refractivity contribution in [3.8, 4) is 0 Å². The summed E-state index contributed by atoms with van der Waals surface area (Å²) in [5.74, 6) is -0.465. The first-order chi connectivity index (χ1) is 10.3. The third-order valence-corrected chi connectivity index (χ3v) is 3.53. The maximum absolute atomic E-state index is 10.9. The first-order valence-corrected chi connectivity index (χ1v) is 6.85. The minimum Gasteiger partial charge on any atom is -0.466 e. The molecule has 1 aliphatic heterocycles. The van der Waals surface area contributed by atoms with Crippen LogP contribution in [0, 0.1) is 0 Å². The molecule has 0 atom stereocenters. The maximum Gasteiger partial charge on any atom is 0.333 e. The van der Waals surface area contributed by atoms with Gasteiger partial charge in [0.15, 0.2) is 0 Å². The van der Waals surface area contributed by atoms with Crippen molar-refractivity contribution in [2.75, 3.05) is 7.11 Å². The van der Waals surface area contributed by atoms with Crippen molar-refractivity contribution in [3.63, 3.8) is 0 Å². The molecule has 2 aromatic rings. The zero-order valence-corrected chi connectivity index (χ0v) is 11.8. The van der Waals surface area contributed by atoms with E-state index < -0.39 is 5.97 Å². The minimum absolute atomic E-state index is 0.465. The van der Waals surface area contributed by atoms with Crippen LogP contribution in [0.2, 0.25) is 0 Å². The summed E-state index contributed by atoms with van der Waals surface area (Å²) in [6.07, 6.45) is 4.32. The van der Waals surface area contributed by atoms with E-state index in [1.165, 1.54) is 30.4 Å². The lowest BCUT2D eigenvalue weighted by molar-refractivity contribution is -0.135. The van der Waals surface area contributed by atoms with Gasteiger partial charge in [0.05, 0.1) is 18.9 Å². The third-order valence-electron chi connectivity index (χ3n) is 3.53. The standard InChI is InChI=1S/C16H16N2O3/c1-20-16(19)8-10-21-17-13-6-4-9-18-14-7-3-2-5-12(14)11-15(13)18/h2-3,5,7-8,10-11H,4,6,9H2,1H3/b10-8+,17-13+. The Morgan fingerprint density at radius 3 is 3.10 bits per heavy atom. The Morgan fingerprint density at radius 2 is 2.24 bits per heavy atom. The smallest absolute Gasteiger partial charge is 0.333 e. The number of carbonyl (C=O) groups is 1. The number of nitrogens with zero attached hydrogens (tertiary/aromatic N) is 2. The Balaban J connectivity index is 1.86. The summed E-state index contributed by atoms with van der Waals surface area (Å²) in [6.45, 7) is 0.986. The van der Waals surface area contributed by atoms with Crippen molar-refractivity contribution < 1.29 is 14.4 Å². The number of carbonyl (C=O) groups excluding carboxylic acids is 1. The van der Waals surface area contributed by atoms with Crippen molar-refractivity contribution in [3.05, 3.63) is 48.4 Å². The van der Waals surface area contributed by atoms with Crippen molar-refractivity contribution in [1.29, 1.82) is 0 Å². The molecule has 21 heavy (non-hydrogen) atoms. The Kier molecular flexibility index (Phi) is 3.73. The number of oxime groups is 1. The van der Waals surface area contributed by atoms with E-state index in [4.69, 9.17) is 4.84 Å². The van der Waals surface area contributed by atoms with Gasteiger partial charge >= 0.3 is 5.97 Å². The number of hydrogen-bond donors (Lipinski definition) is 0. The molecule has 5 heteroatoms. The molecule has 0 unspecified atom stereocenters. The quantitative estimate of drug-likeness (QED) is 0.377. The van der Waals surface area contributed by atoms with Crippen LogP contribution >= 0.6 is 0 Å². The van der Waals surface area contributed by atoms with Crippen LogP contribution in [0.1, 0.15) is 18.5 Å². The Labute approximate surface area is 122 Å². The number of aryl methyl sites for hydroxylation is 1. The van der Waals surface area contributed by atoms with Gasteiger partial charge in [-0.3, -0.25) is 0 Å². The lowest BCUT2D eigenvalue weighted by atomic mass is 10.1. The molecule has 0 spiro atoms. The molecule has 0 fully saturated rings. The summed E-state index contributed by atoms with van der Waals surface area (Å²) in [5.41, 5.74) is 3.19. The predicted molar refractivity (Wildman–Crippen MR) is 80.0 cm³/mol. The van der Waals surface area contributed by atoms with Gasteiger partial charge in [0.25, 0.3) is 0 Å². The van der Waals surface area contributed by atoms with Crippen LogP contribution in [-0.4, -0.2) is 23.4 Å². The van der Waals surface area contributed by atoms with Crippen molar-refractivity contribution in [2.24, 2.45) is 5.16 Å². The molecule has 0 N–H and O–H groups in total. The van der Waals surface area contributed by atoms with E-state index in [2.05, 4.69) is 32.7 Å². The van der Waals surface area contributed by atoms with Crippen LogP contribution in [0.4, 0.5) is 0 Å². The minimum atomic E-state index is -0.465. The predicted octanol–water partition coefficient (Wildman–Crippen LogP) is 2.84. The molecule has 0 saturated heterocycles. The van der Waals surface area contributed by atoms with Crippen LogP contribution in [0.15, 0.2) is 47.8 Å². The zero-order chi connectivity index (χ0) is 14.7. The lowest BCUT2D eigenvalue weighted by Crippen LogP contribution is -2.17. The van der Waals surface area contributed by atoms with Gasteiger partial charge in [-0.15, -0.1) is 0 Å². The van der Waals surface area contributed by atoms with E-state index in [-0.39, 0.29) is 0 Å². The largest absolute Gasteiger partial charge is 0.466 e. The Hall–Kier alpha value is -2.56. The van der Waals surface area contributed by atoms with Gasteiger partial charge in [-0.2, -0.15) is 0 Å². The van der Waals surface area contributed by atoms with Gasteiger partial charge in [0.2, 0.25) is 0 Å². The number of ether oxygens (including phenoxy) is 1. The Bertz CT molecular complexity index is 728. The summed E-state index contributed by atoms with van der Waals surface area (Å²) in [7, 11) is 1.32. The average Bonchev–Trinajstić information content (AvgIpc) is 2.90. The van der Waals surface area contributed by atoms with Crippen molar-refractivity contribution >= 4 is 22.6 Å². The van der Waals surface area contributed by atoms with E-state index in [0.717, 1.165) is 30.8 Å². The number of methoxy groups -OCH3 is 1. The molecule has 5 nitrogen and oxygen atoms in total. The van der Waals surface area contributed by atoms with Crippen LogP contribution in [0.5, 0.6) is 0 Å². The molecule has 1 aromatic carbocycles. The summed E-state index contributed by atoms with van der Waals surface area (Å²) in [4.78, 5) is 16.0. The van der Waals surface area contributed by atoms with E-state index in [0.29, 0.717) is 0 Å². The van der Waals surface area contributed by atoms with Crippen LogP contribution in [0.3, 0.4) is 0 Å². The van der Waals surface area contributed by atoms with Crippen LogP contribution in [-0.2, 0) is 20.9 Å². The Morgan fingerprint density at radius 1 is 1.38 bits per heavy atom. The fourth-order valence-corrected chi connectivity index (χ4v) is 2.56. The van der Waals surface area contributed by atoms with E-state index in [1.807, 2.05) is 12.1 Å². The first kappa shape index (κ1) is 13.4. The second kappa shape index (κ2) is 5.83. The molecule has 0 radical (unpaired) electrons. The van der Waals surface area contributed by atoms with Gasteiger partial charge in [0, 0.05) is 17.4 Å². The molecular weight excluding hydrogens is 268 g/mol. The van der Waals surface area contributed by atoms with Crippen molar-refractivity contribution in [2.45, 2.75) is 19.4 Å². The molecule has 0 bridgehead atoms. The van der Waals surface area contributed by atoms with Gasteiger partial charge in [-0.25, -0.2) is 4.79 Å². The molecule has 0 amide bonds. The molecule has 1 aromatic heterocycles. The number of esters is 1. The molecule has 0 saturated carbocycles. The van der Waals surface area contributed by atoms with E-state index in [9.17, 15) is 4.79 Å². The topological polar surface area (TPSA) is 52.8 Å². The molecule has 108 valence electrons. The van der Waals surface area contributed by atoms with Crippen molar-refractivity contribution in [1.82, 2.24) is 4.57 Å². The van der Waals surface area contributed by atoms with Gasteiger partial charge in [-0.05, 0) is 25.0 Å². The number of hydrogen-bond acceptors (Lipinski definition) is 4. The highest BCUT2D eigenvalue weighted by molar-refractivity contribution is 6.03. The lowest BCUT2D eigenvalue weighted by Gasteiger charge is -2.17. The number of benzene rings is 1.